The molecule has 6 nitrogen and oxygen atoms in total. The van der Waals surface area contributed by atoms with Crippen LogP contribution in [0.4, 0.5) is 5.69 Å². The Labute approximate surface area is 170 Å². The lowest BCUT2D eigenvalue weighted by Gasteiger charge is -2.23. The van der Waals surface area contributed by atoms with Crippen molar-refractivity contribution in [2.45, 2.75) is 4.90 Å². The molecule has 148 valence electrons. The smallest absolute Gasteiger partial charge is 0.264 e. The molecule has 0 aliphatic heterocycles. The number of nitrogens with one attached hydrogen (secondary N) is 1. The van der Waals surface area contributed by atoms with Gasteiger partial charge in [-0.25, -0.2) is 8.42 Å². The van der Waals surface area contributed by atoms with E-state index in [-0.39, 0.29) is 28.6 Å². The van der Waals surface area contributed by atoms with Crippen molar-refractivity contribution in [3.8, 4) is 5.75 Å². The van der Waals surface area contributed by atoms with Crippen LogP contribution >= 0.6 is 11.6 Å². The summed E-state index contributed by atoms with van der Waals surface area (Å²) in [4.78, 5) is 12.2. The molecule has 0 heterocycles. The fourth-order valence-corrected chi connectivity index (χ4v) is 4.10. The molecule has 0 saturated heterocycles. The molecule has 1 amide bonds. The molecule has 0 spiro atoms. The molecule has 2 aromatic carbocycles. The largest absolute Gasteiger partial charge is 0.497 e. The first kappa shape index (κ1) is 21.5. The molecule has 2 aromatic rings. The zero-order valence-electron chi connectivity index (χ0n) is 15.4. The van der Waals surface area contributed by atoms with Crippen molar-refractivity contribution in [3.63, 3.8) is 0 Å². The van der Waals surface area contributed by atoms with Crippen molar-refractivity contribution in [2.75, 3.05) is 24.5 Å². The predicted molar refractivity (Wildman–Crippen MR) is 112 cm³/mol. The lowest BCUT2D eigenvalue weighted by Crippen LogP contribution is -2.31. The molecule has 2 rings (SSSR count). The molecule has 8 heteroatoms. The molecule has 0 unspecified atom stereocenters. The topological polar surface area (TPSA) is 75.7 Å². The van der Waals surface area contributed by atoms with Gasteiger partial charge >= 0.3 is 0 Å². The molecule has 0 fully saturated rings. The van der Waals surface area contributed by atoms with Crippen LogP contribution in [0.1, 0.15) is 10.4 Å². The van der Waals surface area contributed by atoms with Gasteiger partial charge in [-0.3, -0.25) is 9.10 Å². The Hall–Kier alpha value is -2.77. The lowest BCUT2D eigenvalue weighted by atomic mass is 10.2. The molecule has 0 aliphatic carbocycles. The summed E-state index contributed by atoms with van der Waals surface area (Å²) in [5, 5.41) is 2.74. The number of carbonyl (C=O) groups is 1. The number of amides is 1. The van der Waals surface area contributed by atoms with Crippen LogP contribution in [0.2, 0.25) is 5.02 Å². The highest BCUT2D eigenvalue weighted by atomic mass is 35.5. The molecule has 0 aliphatic rings. The van der Waals surface area contributed by atoms with Gasteiger partial charge in [-0.2, -0.15) is 0 Å². The van der Waals surface area contributed by atoms with Gasteiger partial charge < -0.3 is 10.1 Å². The highest BCUT2D eigenvalue weighted by Crippen LogP contribution is 2.28. The Morgan fingerprint density at radius 2 is 1.86 bits per heavy atom. The van der Waals surface area contributed by atoms with E-state index in [1.165, 1.54) is 41.8 Å². The van der Waals surface area contributed by atoms with E-state index in [1.54, 1.807) is 24.3 Å². The minimum absolute atomic E-state index is 0.0509. The van der Waals surface area contributed by atoms with Crippen LogP contribution in [0, 0.1) is 0 Å². The third-order valence-electron chi connectivity index (χ3n) is 3.83. The fourth-order valence-electron chi connectivity index (χ4n) is 2.43. The van der Waals surface area contributed by atoms with Gasteiger partial charge in [0.2, 0.25) is 0 Å². The first-order chi connectivity index (χ1) is 13.3. The standard InChI is InChI=1S/C20H21ClN2O4S/c1-4-12-22-20(24)18-14-17(10-11-19(18)21)28(25,26)23(13-5-2)15-6-8-16(27-3)9-7-15/h4-11,14H,1-2,12-13H2,3H3,(H,22,24). The van der Waals surface area contributed by atoms with E-state index in [1.807, 2.05) is 0 Å². The van der Waals surface area contributed by atoms with E-state index < -0.39 is 15.9 Å². The Kier molecular flexibility index (Phi) is 7.25. The number of methoxy groups -OCH3 is 1. The van der Waals surface area contributed by atoms with E-state index in [2.05, 4.69) is 18.5 Å². The van der Waals surface area contributed by atoms with Crippen molar-refractivity contribution in [2.24, 2.45) is 0 Å². The minimum atomic E-state index is -3.97. The number of rotatable bonds is 9. The average molecular weight is 421 g/mol. The van der Waals surface area contributed by atoms with E-state index in [4.69, 9.17) is 16.3 Å². The maximum atomic E-state index is 13.2. The molecule has 0 radical (unpaired) electrons. The SMILES string of the molecule is C=CCNC(=O)c1cc(S(=O)(=O)N(CC=C)c2ccc(OC)cc2)ccc1Cl. The minimum Gasteiger partial charge on any atom is -0.497 e. The second-order valence-electron chi connectivity index (χ2n) is 5.66. The molecule has 0 bridgehead atoms. The van der Waals surface area contributed by atoms with Crippen LogP contribution in [-0.4, -0.2) is 34.5 Å². The first-order valence-electron chi connectivity index (χ1n) is 8.31. The number of hydrogen-bond donors (Lipinski definition) is 1. The normalized spacial score (nSPS) is 10.8. The van der Waals surface area contributed by atoms with Crippen LogP contribution in [0.5, 0.6) is 5.75 Å². The monoisotopic (exact) mass is 420 g/mol. The molecule has 1 N–H and O–H groups in total. The van der Waals surface area contributed by atoms with Crippen LogP contribution in [0.3, 0.4) is 0 Å². The van der Waals surface area contributed by atoms with Crippen LogP contribution in [0.25, 0.3) is 0 Å². The van der Waals surface area contributed by atoms with Gasteiger partial charge in [0.05, 0.1) is 34.8 Å². The molecule has 28 heavy (non-hydrogen) atoms. The Morgan fingerprint density at radius 3 is 2.43 bits per heavy atom. The van der Waals surface area contributed by atoms with Crippen LogP contribution < -0.4 is 14.4 Å². The Morgan fingerprint density at radius 1 is 1.18 bits per heavy atom. The van der Waals surface area contributed by atoms with Crippen LogP contribution in [-0.2, 0) is 10.0 Å². The van der Waals surface area contributed by atoms with E-state index in [9.17, 15) is 13.2 Å². The van der Waals surface area contributed by atoms with Gasteiger partial charge in [0, 0.05) is 6.54 Å². The van der Waals surface area contributed by atoms with Gasteiger partial charge in [-0.05, 0) is 42.5 Å². The number of sulfonamides is 1. The van der Waals surface area contributed by atoms with Crippen LogP contribution in [0.15, 0.2) is 72.7 Å². The molecular formula is C20H21ClN2O4S. The van der Waals surface area contributed by atoms with Crippen molar-refractivity contribution in [1.82, 2.24) is 5.32 Å². The first-order valence-corrected chi connectivity index (χ1v) is 10.1. The summed E-state index contributed by atoms with van der Waals surface area (Å²) in [5.41, 5.74) is 0.506. The van der Waals surface area contributed by atoms with Gasteiger partial charge in [-0.15, -0.1) is 13.2 Å². The summed E-state index contributed by atoms with van der Waals surface area (Å²) in [6.07, 6.45) is 3.00. The van der Waals surface area contributed by atoms with Gasteiger partial charge in [0.25, 0.3) is 15.9 Å². The van der Waals surface area contributed by atoms with Gasteiger partial charge in [-0.1, -0.05) is 23.8 Å². The third-order valence-corrected chi connectivity index (χ3v) is 5.95. The second-order valence-corrected chi connectivity index (χ2v) is 7.93. The zero-order valence-corrected chi connectivity index (χ0v) is 17.0. The number of nitrogens with zero attached hydrogens (tertiary/aromatic N) is 1. The maximum Gasteiger partial charge on any atom is 0.264 e. The second kappa shape index (κ2) is 9.43. The Bertz CT molecular complexity index is 972. The van der Waals surface area contributed by atoms with Crippen molar-refractivity contribution in [1.29, 1.82) is 0 Å². The van der Waals surface area contributed by atoms with Crippen molar-refractivity contribution < 1.29 is 17.9 Å². The summed E-state index contributed by atoms with van der Waals surface area (Å²) in [6.45, 7) is 7.45. The van der Waals surface area contributed by atoms with E-state index in [0.29, 0.717) is 11.4 Å². The zero-order chi connectivity index (χ0) is 20.7. The number of ether oxygens (including phenoxy) is 1. The highest BCUT2D eigenvalue weighted by Gasteiger charge is 2.26. The van der Waals surface area contributed by atoms with E-state index in [0.717, 1.165) is 0 Å². The van der Waals surface area contributed by atoms with Crippen molar-refractivity contribution in [3.05, 3.63) is 78.4 Å². The Balaban J connectivity index is 2.48. The summed E-state index contributed by atoms with van der Waals surface area (Å²) in [7, 11) is -2.44. The number of anilines is 1. The van der Waals surface area contributed by atoms with E-state index >= 15 is 0 Å². The highest BCUT2D eigenvalue weighted by molar-refractivity contribution is 7.92. The number of carbonyl (C=O) groups excluding carboxylic acids is 1. The summed E-state index contributed by atoms with van der Waals surface area (Å²) in [6, 6.07) is 10.6. The number of hydrogen-bond acceptors (Lipinski definition) is 4. The molecule has 0 saturated carbocycles. The van der Waals surface area contributed by atoms with Gasteiger partial charge in [0.1, 0.15) is 5.75 Å². The molecule has 0 aromatic heterocycles. The molecule has 0 atom stereocenters. The number of benzene rings is 2. The summed E-state index contributed by atoms with van der Waals surface area (Å²) in [5.74, 6) is 0.119. The van der Waals surface area contributed by atoms with Gasteiger partial charge in [0.15, 0.2) is 0 Å². The summed E-state index contributed by atoms with van der Waals surface area (Å²) < 4.78 is 32.8. The quantitative estimate of drug-likeness (QED) is 0.628. The predicted octanol–water partition coefficient (Wildman–Crippen LogP) is 3.65. The third kappa shape index (κ3) is 4.74. The number of halogens is 1. The fraction of sp³-hybridized carbons (Fsp3) is 0.150. The molecular weight excluding hydrogens is 400 g/mol. The average Bonchev–Trinajstić information content (AvgIpc) is 2.70. The maximum absolute atomic E-state index is 13.2. The van der Waals surface area contributed by atoms with Crippen molar-refractivity contribution >= 4 is 33.2 Å². The lowest BCUT2D eigenvalue weighted by molar-refractivity contribution is 0.0958. The summed E-state index contributed by atoms with van der Waals surface area (Å²) >= 11 is 6.09.